The van der Waals surface area contributed by atoms with Crippen LogP contribution in [0, 0.1) is 23.7 Å². The molecule has 3 aliphatic rings. The van der Waals surface area contributed by atoms with Gasteiger partial charge >= 0.3 is 0 Å². The molecular formula is C13H23ClN2O. The van der Waals surface area contributed by atoms with Crippen LogP contribution in [0.15, 0.2) is 0 Å². The van der Waals surface area contributed by atoms with Crippen LogP contribution in [0.2, 0.25) is 0 Å². The second kappa shape index (κ2) is 5.15. The predicted molar refractivity (Wildman–Crippen MR) is 69.9 cm³/mol. The predicted octanol–water partition coefficient (Wildman–Crippen LogP) is 1.65. The summed E-state index contributed by atoms with van der Waals surface area (Å²) in [7, 11) is 0. The Bertz CT molecular complexity index is 287. The summed E-state index contributed by atoms with van der Waals surface area (Å²) in [5.41, 5.74) is 5.71. The highest BCUT2D eigenvalue weighted by Gasteiger charge is 2.57. The fourth-order valence-electron chi connectivity index (χ4n) is 3.86. The Morgan fingerprint density at radius 3 is 2.53 bits per heavy atom. The van der Waals surface area contributed by atoms with E-state index >= 15 is 0 Å². The van der Waals surface area contributed by atoms with Crippen LogP contribution in [0.5, 0.6) is 0 Å². The molecule has 3 unspecified atom stereocenters. The number of likely N-dealkylation sites (tertiary alicyclic amines) is 1. The largest absolute Gasteiger partial charge is 0.342 e. The lowest BCUT2D eigenvalue weighted by atomic mass is 9.97. The van der Waals surface area contributed by atoms with E-state index in [0.29, 0.717) is 17.7 Å². The maximum Gasteiger partial charge on any atom is 0.226 e. The minimum atomic E-state index is 0. The van der Waals surface area contributed by atoms with Crippen molar-refractivity contribution in [3.63, 3.8) is 0 Å². The second-order valence-corrected chi connectivity index (χ2v) is 5.81. The molecule has 0 bridgehead atoms. The maximum absolute atomic E-state index is 12.3. The molecule has 2 saturated carbocycles. The monoisotopic (exact) mass is 258 g/mol. The quantitative estimate of drug-likeness (QED) is 0.819. The highest BCUT2D eigenvalue weighted by molar-refractivity contribution is 5.85. The first-order valence-corrected chi connectivity index (χ1v) is 6.80. The Morgan fingerprint density at radius 1 is 1.18 bits per heavy atom. The molecule has 2 N–H and O–H groups in total. The zero-order chi connectivity index (χ0) is 11.1. The third-order valence-electron chi connectivity index (χ3n) is 4.86. The van der Waals surface area contributed by atoms with Gasteiger partial charge in [-0.1, -0.05) is 6.42 Å². The Labute approximate surface area is 110 Å². The van der Waals surface area contributed by atoms with Crippen molar-refractivity contribution in [3.8, 4) is 0 Å². The molecule has 0 aromatic rings. The summed E-state index contributed by atoms with van der Waals surface area (Å²) in [5.74, 6) is 2.92. The first kappa shape index (κ1) is 13.2. The number of hydrogen-bond donors (Lipinski definition) is 1. The summed E-state index contributed by atoms with van der Waals surface area (Å²) in [6.07, 6.45) is 6.31. The number of nitrogens with two attached hydrogens (primary N) is 1. The minimum Gasteiger partial charge on any atom is -0.342 e. The molecule has 1 aliphatic heterocycles. The zero-order valence-electron chi connectivity index (χ0n) is 10.3. The zero-order valence-corrected chi connectivity index (χ0v) is 11.1. The topological polar surface area (TPSA) is 46.3 Å². The van der Waals surface area contributed by atoms with E-state index in [1.54, 1.807) is 0 Å². The van der Waals surface area contributed by atoms with Crippen molar-refractivity contribution in [1.29, 1.82) is 0 Å². The highest BCUT2D eigenvalue weighted by atomic mass is 35.5. The van der Waals surface area contributed by atoms with E-state index in [-0.39, 0.29) is 12.4 Å². The SMILES string of the molecule is Cl.NCC1CCCN(C(=O)C2C3CCCC32)C1. The van der Waals surface area contributed by atoms with Crippen molar-refractivity contribution in [1.82, 2.24) is 4.90 Å². The van der Waals surface area contributed by atoms with Gasteiger partial charge in [0.1, 0.15) is 0 Å². The number of fused-ring (bicyclic) bond motifs is 1. The van der Waals surface area contributed by atoms with Gasteiger partial charge in [0.25, 0.3) is 0 Å². The van der Waals surface area contributed by atoms with Gasteiger partial charge < -0.3 is 10.6 Å². The molecule has 0 spiro atoms. The van der Waals surface area contributed by atoms with Crippen LogP contribution in [-0.2, 0) is 4.79 Å². The number of amides is 1. The Hall–Kier alpha value is -0.280. The van der Waals surface area contributed by atoms with Gasteiger partial charge in [-0.05, 0) is 50.0 Å². The van der Waals surface area contributed by atoms with E-state index in [2.05, 4.69) is 4.90 Å². The molecule has 3 rings (SSSR count). The van der Waals surface area contributed by atoms with Crippen molar-refractivity contribution in [3.05, 3.63) is 0 Å². The first-order valence-electron chi connectivity index (χ1n) is 6.80. The molecule has 3 atom stereocenters. The van der Waals surface area contributed by atoms with Gasteiger partial charge in [0, 0.05) is 19.0 Å². The molecule has 3 nitrogen and oxygen atoms in total. The van der Waals surface area contributed by atoms with Crippen LogP contribution in [0.25, 0.3) is 0 Å². The molecule has 3 fully saturated rings. The van der Waals surface area contributed by atoms with Gasteiger partial charge in [0.05, 0.1) is 0 Å². The van der Waals surface area contributed by atoms with Crippen molar-refractivity contribution in [2.24, 2.45) is 29.4 Å². The van der Waals surface area contributed by atoms with Gasteiger partial charge in [-0.25, -0.2) is 0 Å². The van der Waals surface area contributed by atoms with Crippen LogP contribution in [0.3, 0.4) is 0 Å². The van der Waals surface area contributed by atoms with E-state index in [1.807, 2.05) is 0 Å². The standard InChI is InChI=1S/C13H22N2O.ClH/c14-7-9-3-2-6-15(8-9)13(16)12-10-4-1-5-11(10)12;/h9-12H,1-8,14H2;1H. The normalized spacial score (nSPS) is 39.5. The molecule has 1 amide bonds. The molecule has 2 aliphatic carbocycles. The molecule has 1 saturated heterocycles. The minimum absolute atomic E-state index is 0. The molecule has 17 heavy (non-hydrogen) atoms. The van der Waals surface area contributed by atoms with Crippen molar-refractivity contribution >= 4 is 18.3 Å². The summed E-state index contributed by atoms with van der Waals surface area (Å²) in [4.78, 5) is 14.4. The summed E-state index contributed by atoms with van der Waals surface area (Å²) in [6.45, 7) is 2.64. The van der Waals surface area contributed by atoms with E-state index in [9.17, 15) is 4.79 Å². The van der Waals surface area contributed by atoms with E-state index in [1.165, 1.54) is 25.7 Å². The van der Waals surface area contributed by atoms with Crippen molar-refractivity contribution in [2.75, 3.05) is 19.6 Å². The lowest BCUT2D eigenvalue weighted by molar-refractivity contribution is -0.135. The summed E-state index contributed by atoms with van der Waals surface area (Å²) in [6, 6.07) is 0. The lowest BCUT2D eigenvalue weighted by Crippen LogP contribution is -2.43. The summed E-state index contributed by atoms with van der Waals surface area (Å²) in [5, 5.41) is 0. The van der Waals surface area contributed by atoms with E-state index in [4.69, 9.17) is 5.73 Å². The number of carbonyl (C=O) groups excluding carboxylic acids is 1. The highest BCUT2D eigenvalue weighted by Crippen LogP contribution is 2.58. The molecule has 0 aromatic carbocycles. The number of nitrogens with zero attached hydrogens (tertiary/aromatic N) is 1. The first-order chi connectivity index (χ1) is 7.81. The number of carbonyl (C=O) groups is 1. The van der Waals surface area contributed by atoms with Gasteiger partial charge in [-0.15, -0.1) is 12.4 Å². The van der Waals surface area contributed by atoms with Crippen LogP contribution < -0.4 is 5.73 Å². The number of halogens is 1. The molecular weight excluding hydrogens is 236 g/mol. The van der Waals surface area contributed by atoms with Gasteiger partial charge in [-0.2, -0.15) is 0 Å². The molecule has 0 radical (unpaired) electrons. The van der Waals surface area contributed by atoms with E-state index in [0.717, 1.165) is 37.9 Å². The van der Waals surface area contributed by atoms with Gasteiger partial charge in [0.15, 0.2) is 0 Å². The van der Waals surface area contributed by atoms with Crippen LogP contribution in [0.1, 0.15) is 32.1 Å². The Morgan fingerprint density at radius 2 is 1.88 bits per heavy atom. The third-order valence-corrected chi connectivity index (χ3v) is 4.86. The average Bonchev–Trinajstić information content (AvgIpc) is 2.81. The number of piperidine rings is 1. The van der Waals surface area contributed by atoms with Crippen LogP contribution in [0.4, 0.5) is 0 Å². The lowest BCUT2D eigenvalue weighted by Gasteiger charge is -2.32. The molecule has 0 aromatic heterocycles. The van der Waals surface area contributed by atoms with E-state index < -0.39 is 0 Å². The Kier molecular flexibility index (Phi) is 3.99. The van der Waals surface area contributed by atoms with Gasteiger partial charge in [0.2, 0.25) is 5.91 Å². The fourth-order valence-corrected chi connectivity index (χ4v) is 3.86. The van der Waals surface area contributed by atoms with Crippen molar-refractivity contribution < 1.29 is 4.79 Å². The van der Waals surface area contributed by atoms with Crippen LogP contribution >= 0.6 is 12.4 Å². The summed E-state index contributed by atoms with van der Waals surface area (Å²) >= 11 is 0. The summed E-state index contributed by atoms with van der Waals surface area (Å²) < 4.78 is 0. The van der Waals surface area contributed by atoms with Crippen LogP contribution in [-0.4, -0.2) is 30.4 Å². The van der Waals surface area contributed by atoms with Gasteiger partial charge in [-0.3, -0.25) is 4.79 Å². The smallest absolute Gasteiger partial charge is 0.226 e. The fraction of sp³-hybridized carbons (Fsp3) is 0.923. The second-order valence-electron chi connectivity index (χ2n) is 5.81. The molecule has 98 valence electrons. The molecule has 1 heterocycles. The number of hydrogen-bond acceptors (Lipinski definition) is 2. The molecule has 4 heteroatoms. The Balaban J connectivity index is 0.00000108. The number of rotatable bonds is 2. The average molecular weight is 259 g/mol. The maximum atomic E-state index is 12.3. The van der Waals surface area contributed by atoms with Crippen molar-refractivity contribution in [2.45, 2.75) is 32.1 Å². The third kappa shape index (κ3) is 2.32.